The average Bonchev–Trinajstić information content (AvgIpc) is 2.69. The van der Waals surface area contributed by atoms with Crippen LogP contribution in [-0.4, -0.2) is 23.0 Å². The number of aromatic nitrogens is 2. The summed E-state index contributed by atoms with van der Waals surface area (Å²) in [5.41, 5.74) is 2.49. The lowest BCUT2D eigenvalue weighted by atomic mass is 10.1. The minimum Gasteiger partial charge on any atom is -0.491 e. The first-order valence-corrected chi connectivity index (χ1v) is 8.72. The fraction of sp³-hybridized carbons (Fsp3) is 0.190. The summed E-state index contributed by atoms with van der Waals surface area (Å²) < 4.78 is 10.9. The number of ether oxygens (including phenoxy) is 2. The van der Waals surface area contributed by atoms with E-state index in [4.69, 9.17) is 9.47 Å². The maximum absolute atomic E-state index is 12.4. The molecule has 3 rings (SSSR count). The van der Waals surface area contributed by atoms with Gasteiger partial charge in [-0.1, -0.05) is 24.3 Å². The third-order valence-electron chi connectivity index (χ3n) is 4.24. The van der Waals surface area contributed by atoms with E-state index in [9.17, 15) is 9.59 Å². The van der Waals surface area contributed by atoms with Crippen LogP contribution in [0.2, 0.25) is 0 Å². The number of aryl methyl sites for hydroxylation is 2. The smallest absolute Gasteiger partial charge is 0.268 e. The van der Waals surface area contributed by atoms with Crippen molar-refractivity contribution in [3.05, 3.63) is 81.4 Å². The summed E-state index contributed by atoms with van der Waals surface area (Å²) in [6.45, 7) is 4.13. The molecule has 1 amide bonds. The summed E-state index contributed by atoms with van der Waals surface area (Å²) >= 11 is 0. The number of amides is 1. The Hall–Kier alpha value is -3.61. The number of H-pyrrole nitrogens is 1. The maximum atomic E-state index is 12.4. The normalized spacial score (nSPS) is 10.4. The Morgan fingerprint density at radius 1 is 1.18 bits per heavy atom. The second-order valence-corrected chi connectivity index (χ2v) is 6.25. The molecule has 0 unspecified atom stereocenters. The van der Waals surface area contributed by atoms with E-state index in [-0.39, 0.29) is 23.4 Å². The van der Waals surface area contributed by atoms with Crippen LogP contribution < -0.4 is 20.2 Å². The first-order valence-electron chi connectivity index (χ1n) is 8.72. The minimum absolute atomic E-state index is 0.145. The second kappa shape index (κ2) is 8.39. The summed E-state index contributed by atoms with van der Waals surface area (Å²) in [7, 11) is 1.39. The highest BCUT2D eigenvalue weighted by atomic mass is 16.5. The van der Waals surface area contributed by atoms with Gasteiger partial charge >= 0.3 is 0 Å². The molecule has 0 aliphatic heterocycles. The van der Waals surface area contributed by atoms with Crippen LogP contribution in [0.4, 0.5) is 0 Å². The van der Waals surface area contributed by atoms with Gasteiger partial charge in [-0.2, -0.15) is 0 Å². The molecule has 2 aromatic heterocycles. The Kier molecular flexibility index (Phi) is 5.74. The molecule has 0 aliphatic rings. The van der Waals surface area contributed by atoms with Crippen LogP contribution in [0.1, 0.15) is 27.2 Å². The monoisotopic (exact) mass is 379 g/mol. The number of para-hydroxylation sites is 1. The van der Waals surface area contributed by atoms with E-state index in [1.807, 2.05) is 38.1 Å². The number of benzene rings is 1. The predicted octanol–water partition coefficient (Wildman–Crippen LogP) is 3.12. The van der Waals surface area contributed by atoms with Gasteiger partial charge in [0.2, 0.25) is 11.3 Å². The van der Waals surface area contributed by atoms with Gasteiger partial charge in [0.15, 0.2) is 5.75 Å². The predicted molar refractivity (Wildman–Crippen MR) is 105 cm³/mol. The molecule has 0 aliphatic carbocycles. The number of hydrogen-bond acceptors (Lipinski definition) is 5. The molecule has 0 bridgehead atoms. The summed E-state index contributed by atoms with van der Waals surface area (Å²) in [5.74, 6) is 0.895. The van der Waals surface area contributed by atoms with E-state index in [0.29, 0.717) is 5.88 Å². The largest absolute Gasteiger partial charge is 0.491 e. The van der Waals surface area contributed by atoms with Gasteiger partial charge in [-0.05, 0) is 31.0 Å². The van der Waals surface area contributed by atoms with Gasteiger partial charge in [0.25, 0.3) is 5.91 Å². The van der Waals surface area contributed by atoms with Crippen molar-refractivity contribution in [3.63, 3.8) is 0 Å². The van der Waals surface area contributed by atoms with Crippen molar-refractivity contribution < 1.29 is 14.3 Å². The van der Waals surface area contributed by atoms with Gasteiger partial charge in [0, 0.05) is 30.6 Å². The van der Waals surface area contributed by atoms with Gasteiger partial charge in [-0.15, -0.1) is 0 Å². The molecular weight excluding hydrogens is 358 g/mol. The summed E-state index contributed by atoms with van der Waals surface area (Å²) in [5, 5.41) is 2.77. The molecule has 0 saturated heterocycles. The van der Waals surface area contributed by atoms with E-state index in [1.54, 1.807) is 12.3 Å². The fourth-order valence-corrected chi connectivity index (χ4v) is 2.73. The topological polar surface area (TPSA) is 93.3 Å². The standard InChI is InChI=1S/C21H21N3O4/c1-13-6-4-7-14(2)19(13)28-21-15(8-5-9-22-21)11-24-20(26)16-10-17(25)18(27-3)12-23-16/h4-10,12H,11H2,1-3H3,(H,23,25)(H,24,26). The van der Waals surface area contributed by atoms with Crippen LogP contribution in [0.3, 0.4) is 0 Å². The Morgan fingerprint density at radius 3 is 2.61 bits per heavy atom. The van der Waals surface area contributed by atoms with E-state index in [2.05, 4.69) is 15.3 Å². The highest BCUT2D eigenvalue weighted by Crippen LogP contribution is 2.29. The van der Waals surface area contributed by atoms with Crippen LogP contribution in [0.5, 0.6) is 17.4 Å². The highest BCUT2D eigenvalue weighted by Gasteiger charge is 2.13. The van der Waals surface area contributed by atoms with Crippen LogP contribution in [0, 0.1) is 13.8 Å². The third kappa shape index (κ3) is 4.20. The lowest BCUT2D eigenvalue weighted by Crippen LogP contribution is -2.25. The van der Waals surface area contributed by atoms with Crippen molar-refractivity contribution in [2.45, 2.75) is 20.4 Å². The van der Waals surface area contributed by atoms with Crippen molar-refractivity contribution in [2.24, 2.45) is 0 Å². The van der Waals surface area contributed by atoms with Gasteiger partial charge < -0.3 is 19.8 Å². The van der Waals surface area contributed by atoms with Crippen molar-refractivity contribution in [1.82, 2.24) is 15.3 Å². The number of rotatable bonds is 6. The molecule has 0 fully saturated rings. The summed E-state index contributed by atoms with van der Waals surface area (Å²) in [4.78, 5) is 31.2. The lowest BCUT2D eigenvalue weighted by Gasteiger charge is -2.14. The van der Waals surface area contributed by atoms with Crippen LogP contribution in [0.25, 0.3) is 0 Å². The van der Waals surface area contributed by atoms with Gasteiger partial charge in [0.05, 0.1) is 7.11 Å². The molecule has 7 nitrogen and oxygen atoms in total. The number of nitrogens with one attached hydrogen (secondary N) is 2. The average molecular weight is 379 g/mol. The summed E-state index contributed by atoms with van der Waals surface area (Å²) in [6.07, 6.45) is 2.99. The molecule has 2 N–H and O–H groups in total. The molecule has 2 heterocycles. The number of pyridine rings is 2. The molecule has 0 atom stereocenters. The zero-order valence-corrected chi connectivity index (χ0v) is 15.9. The number of aromatic amines is 1. The van der Waals surface area contributed by atoms with Crippen LogP contribution in [0.15, 0.2) is 53.6 Å². The first-order chi connectivity index (χ1) is 13.5. The maximum Gasteiger partial charge on any atom is 0.268 e. The molecule has 3 aromatic rings. The quantitative estimate of drug-likeness (QED) is 0.686. The van der Waals surface area contributed by atoms with Crippen molar-refractivity contribution in [1.29, 1.82) is 0 Å². The van der Waals surface area contributed by atoms with Crippen LogP contribution in [-0.2, 0) is 6.54 Å². The SMILES string of the molecule is COc1c[nH]c(C(=O)NCc2cccnc2Oc2c(C)cccc2C)cc1=O. The molecule has 0 spiro atoms. The fourth-order valence-electron chi connectivity index (χ4n) is 2.73. The molecule has 1 aromatic carbocycles. The Balaban J connectivity index is 1.76. The molecule has 144 valence electrons. The third-order valence-corrected chi connectivity index (χ3v) is 4.24. The zero-order valence-electron chi connectivity index (χ0n) is 15.9. The Labute approximate surface area is 162 Å². The van der Waals surface area contributed by atoms with E-state index >= 15 is 0 Å². The molecule has 0 radical (unpaired) electrons. The van der Waals surface area contributed by atoms with Gasteiger partial charge in [0.1, 0.15) is 11.4 Å². The number of carbonyl (C=O) groups is 1. The Bertz CT molecular complexity index is 1040. The minimum atomic E-state index is -0.415. The highest BCUT2D eigenvalue weighted by molar-refractivity contribution is 5.92. The number of nitrogens with zero attached hydrogens (tertiary/aromatic N) is 1. The van der Waals surface area contributed by atoms with E-state index in [1.165, 1.54) is 19.4 Å². The van der Waals surface area contributed by atoms with Gasteiger partial charge in [-0.3, -0.25) is 9.59 Å². The first kappa shape index (κ1) is 19.2. The molecule has 28 heavy (non-hydrogen) atoms. The zero-order chi connectivity index (χ0) is 20.1. The number of carbonyl (C=O) groups excluding carboxylic acids is 1. The van der Waals surface area contributed by atoms with Crippen molar-refractivity contribution >= 4 is 5.91 Å². The van der Waals surface area contributed by atoms with E-state index < -0.39 is 5.91 Å². The van der Waals surface area contributed by atoms with Crippen molar-refractivity contribution in [3.8, 4) is 17.4 Å². The van der Waals surface area contributed by atoms with Crippen LogP contribution >= 0.6 is 0 Å². The lowest BCUT2D eigenvalue weighted by molar-refractivity contribution is 0.0945. The molecule has 0 saturated carbocycles. The van der Waals surface area contributed by atoms with Gasteiger partial charge in [-0.25, -0.2) is 4.98 Å². The van der Waals surface area contributed by atoms with Crippen molar-refractivity contribution in [2.75, 3.05) is 7.11 Å². The summed E-state index contributed by atoms with van der Waals surface area (Å²) in [6, 6.07) is 10.7. The molecular formula is C21H21N3O4. The Morgan fingerprint density at radius 2 is 1.93 bits per heavy atom. The number of hydrogen-bond donors (Lipinski definition) is 2. The van der Waals surface area contributed by atoms with E-state index in [0.717, 1.165) is 22.4 Å². The number of methoxy groups -OCH3 is 1. The molecule has 7 heteroatoms. The second-order valence-electron chi connectivity index (χ2n) is 6.25.